The van der Waals surface area contributed by atoms with Crippen LogP contribution in [0.1, 0.15) is 33.2 Å². The van der Waals surface area contributed by atoms with E-state index >= 15 is 0 Å². The summed E-state index contributed by atoms with van der Waals surface area (Å²) in [6, 6.07) is 13.1. The average Bonchev–Trinajstić information content (AvgIpc) is 2.52. The highest BCUT2D eigenvalue weighted by atomic mass is 35.5. The lowest BCUT2D eigenvalue weighted by Crippen LogP contribution is -2.25. The Balaban J connectivity index is 2.33. The highest BCUT2D eigenvalue weighted by Crippen LogP contribution is 2.17. The molecule has 0 aromatic heterocycles. The molecule has 0 unspecified atom stereocenters. The first kappa shape index (κ1) is 15.2. The van der Waals surface area contributed by atoms with E-state index in [-0.39, 0.29) is 11.3 Å². The summed E-state index contributed by atoms with van der Waals surface area (Å²) in [4.78, 5) is 29.4. The third kappa shape index (κ3) is 3.68. The van der Waals surface area contributed by atoms with Crippen LogP contribution in [0, 0.1) is 0 Å². The quantitative estimate of drug-likeness (QED) is 0.681. The van der Waals surface area contributed by atoms with E-state index in [0.29, 0.717) is 22.8 Å². The van der Waals surface area contributed by atoms with Gasteiger partial charge in [0.05, 0.1) is 12.2 Å². The normalized spacial score (nSPS) is 10.2. The number of halogens is 1. The van der Waals surface area contributed by atoms with E-state index in [0.717, 1.165) is 0 Å². The molecule has 1 N–H and O–H groups in total. The first-order valence-electron chi connectivity index (χ1n) is 6.45. The van der Waals surface area contributed by atoms with Crippen LogP contribution in [0.2, 0.25) is 5.02 Å². The van der Waals surface area contributed by atoms with Crippen LogP contribution in [0.25, 0.3) is 0 Å². The Bertz CT molecular complexity index is 653. The number of benzene rings is 2. The third-order valence-electron chi connectivity index (χ3n) is 2.83. The number of rotatable bonds is 5. The number of amides is 1. The van der Waals surface area contributed by atoms with Crippen LogP contribution in [0.4, 0.5) is 0 Å². The third-order valence-corrected chi connectivity index (χ3v) is 3.08. The predicted molar refractivity (Wildman–Crippen MR) is 80.4 cm³/mol. The zero-order valence-corrected chi connectivity index (χ0v) is 12.2. The molecule has 0 spiro atoms. The van der Waals surface area contributed by atoms with Gasteiger partial charge >= 0.3 is 0 Å². The lowest BCUT2D eigenvalue weighted by atomic mass is 9.98. The van der Waals surface area contributed by atoms with Crippen molar-refractivity contribution < 1.29 is 14.4 Å². The van der Waals surface area contributed by atoms with Crippen LogP contribution in [-0.2, 0) is 4.84 Å². The summed E-state index contributed by atoms with van der Waals surface area (Å²) in [5.74, 6) is -0.691. The van der Waals surface area contributed by atoms with Crippen molar-refractivity contribution in [2.24, 2.45) is 0 Å². The van der Waals surface area contributed by atoms with Gasteiger partial charge in [0.15, 0.2) is 5.78 Å². The molecule has 0 bridgehead atoms. The summed E-state index contributed by atoms with van der Waals surface area (Å²) in [7, 11) is 0. The van der Waals surface area contributed by atoms with Crippen molar-refractivity contribution in [3.63, 3.8) is 0 Å². The molecule has 0 heterocycles. The number of hydrogen-bond donors (Lipinski definition) is 1. The molecule has 5 heteroatoms. The summed E-state index contributed by atoms with van der Waals surface area (Å²) in [6.07, 6.45) is 0. The van der Waals surface area contributed by atoms with Gasteiger partial charge in [-0.1, -0.05) is 29.8 Å². The van der Waals surface area contributed by atoms with Gasteiger partial charge in [-0.2, -0.15) is 0 Å². The first-order valence-corrected chi connectivity index (χ1v) is 6.82. The van der Waals surface area contributed by atoms with Gasteiger partial charge in [0, 0.05) is 16.1 Å². The second kappa shape index (κ2) is 7.02. The van der Waals surface area contributed by atoms with E-state index in [4.69, 9.17) is 16.4 Å². The van der Waals surface area contributed by atoms with Crippen molar-refractivity contribution >= 4 is 23.3 Å². The molecular formula is C16H14ClNO3. The van der Waals surface area contributed by atoms with E-state index in [9.17, 15) is 9.59 Å². The number of hydroxylamine groups is 1. The number of hydrogen-bond acceptors (Lipinski definition) is 3. The van der Waals surface area contributed by atoms with Gasteiger partial charge < -0.3 is 0 Å². The minimum Gasteiger partial charge on any atom is -0.289 e. The molecule has 0 aliphatic carbocycles. The lowest BCUT2D eigenvalue weighted by molar-refractivity contribution is 0.0363. The molecular weight excluding hydrogens is 290 g/mol. The van der Waals surface area contributed by atoms with Gasteiger partial charge in [-0.3, -0.25) is 14.4 Å². The van der Waals surface area contributed by atoms with E-state index in [1.165, 1.54) is 0 Å². The molecule has 21 heavy (non-hydrogen) atoms. The molecule has 2 aromatic carbocycles. The van der Waals surface area contributed by atoms with Crippen molar-refractivity contribution in [1.29, 1.82) is 0 Å². The van der Waals surface area contributed by atoms with E-state index < -0.39 is 5.91 Å². The largest absolute Gasteiger partial charge is 0.289 e. The SMILES string of the molecule is CCONC(=O)c1ccccc1C(=O)c1ccc(Cl)cc1. The molecule has 0 saturated heterocycles. The summed E-state index contributed by atoms with van der Waals surface area (Å²) in [5.41, 5.74) is 3.35. The molecule has 0 atom stereocenters. The van der Waals surface area contributed by atoms with Crippen LogP contribution in [0.5, 0.6) is 0 Å². The summed E-state index contributed by atoms with van der Waals surface area (Å²) >= 11 is 5.81. The molecule has 0 aliphatic heterocycles. The van der Waals surface area contributed by atoms with Crippen LogP contribution in [0.15, 0.2) is 48.5 Å². The van der Waals surface area contributed by atoms with E-state index in [1.807, 2.05) is 0 Å². The van der Waals surface area contributed by atoms with Crippen molar-refractivity contribution in [3.05, 3.63) is 70.2 Å². The van der Waals surface area contributed by atoms with Crippen LogP contribution in [-0.4, -0.2) is 18.3 Å². The molecule has 0 aliphatic rings. The van der Waals surface area contributed by atoms with Crippen molar-refractivity contribution in [2.45, 2.75) is 6.92 Å². The maximum Gasteiger partial charge on any atom is 0.275 e. The standard InChI is InChI=1S/C16H14ClNO3/c1-2-21-18-16(20)14-6-4-3-5-13(14)15(19)11-7-9-12(17)10-8-11/h3-10H,2H2,1H3,(H,18,20). The minimum atomic E-state index is -0.449. The number of carbonyl (C=O) groups excluding carboxylic acids is 2. The molecule has 1 amide bonds. The Morgan fingerprint density at radius 3 is 2.29 bits per heavy atom. The topological polar surface area (TPSA) is 55.4 Å². The smallest absolute Gasteiger partial charge is 0.275 e. The highest BCUT2D eigenvalue weighted by Gasteiger charge is 2.17. The highest BCUT2D eigenvalue weighted by molar-refractivity contribution is 6.30. The first-order chi connectivity index (χ1) is 10.1. The Hall–Kier alpha value is -2.17. The van der Waals surface area contributed by atoms with Crippen molar-refractivity contribution in [2.75, 3.05) is 6.61 Å². The maximum absolute atomic E-state index is 12.5. The van der Waals surface area contributed by atoms with Crippen LogP contribution < -0.4 is 5.48 Å². The molecule has 2 aromatic rings. The Labute approximate surface area is 127 Å². The minimum absolute atomic E-state index is 0.242. The van der Waals surface area contributed by atoms with Crippen LogP contribution >= 0.6 is 11.6 Å². The van der Waals surface area contributed by atoms with Gasteiger partial charge in [0.2, 0.25) is 0 Å². The Morgan fingerprint density at radius 2 is 1.67 bits per heavy atom. The fourth-order valence-corrected chi connectivity index (χ4v) is 1.95. The zero-order valence-electron chi connectivity index (χ0n) is 11.4. The number of nitrogens with one attached hydrogen (secondary N) is 1. The van der Waals surface area contributed by atoms with Gasteiger partial charge in [-0.15, -0.1) is 0 Å². The van der Waals surface area contributed by atoms with Gasteiger partial charge in [-0.25, -0.2) is 5.48 Å². The monoisotopic (exact) mass is 303 g/mol. The average molecular weight is 304 g/mol. The second-order valence-electron chi connectivity index (χ2n) is 4.25. The summed E-state index contributed by atoms with van der Waals surface area (Å²) in [6.45, 7) is 2.10. The molecule has 0 radical (unpaired) electrons. The maximum atomic E-state index is 12.5. The van der Waals surface area contributed by atoms with Gasteiger partial charge in [0.25, 0.3) is 5.91 Å². The lowest BCUT2D eigenvalue weighted by Gasteiger charge is -2.09. The zero-order chi connectivity index (χ0) is 15.2. The molecule has 0 saturated carbocycles. The van der Waals surface area contributed by atoms with Gasteiger partial charge in [0.1, 0.15) is 0 Å². The van der Waals surface area contributed by atoms with E-state index in [2.05, 4.69) is 5.48 Å². The summed E-state index contributed by atoms with van der Waals surface area (Å²) in [5, 5.41) is 0.550. The van der Waals surface area contributed by atoms with Crippen molar-refractivity contribution in [3.8, 4) is 0 Å². The fourth-order valence-electron chi connectivity index (χ4n) is 1.83. The number of ketones is 1. The Kier molecular flexibility index (Phi) is 5.09. The predicted octanol–water partition coefficient (Wildman–Crippen LogP) is 3.25. The fraction of sp³-hybridized carbons (Fsp3) is 0.125. The molecule has 0 fully saturated rings. The number of carbonyl (C=O) groups is 2. The summed E-state index contributed by atoms with van der Waals surface area (Å²) < 4.78 is 0. The second-order valence-corrected chi connectivity index (χ2v) is 4.68. The molecule has 108 valence electrons. The van der Waals surface area contributed by atoms with Gasteiger partial charge in [-0.05, 0) is 37.3 Å². The Morgan fingerprint density at radius 1 is 1.05 bits per heavy atom. The molecule has 4 nitrogen and oxygen atoms in total. The van der Waals surface area contributed by atoms with Crippen LogP contribution in [0.3, 0.4) is 0 Å². The van der Waals surface area contributed by atoms with E-state index in [1.54, 1.807) is 55.5 Å². The molecule has 2 rings (SSSR count). The van der Waals surface area contributed by atoms with Crippen molar-refractivity contribution in [1.82, 2.24) is 5.48 Å².